The molecule has 6 nitrogen and oxygen atoms in total. The van der Waals surface area contributed by atoms with E-state index in [0.29, 0.717) is 38.3 Å². The van der Waals surface area contributed by atoms with Crippen LogP contribution in [0.15, 0.2) is 53.4 Å². The molecule has 1 fully saturated rings. The lowest BCUT2D eigenvalue weighted by molar-refractivity contribution is 0.102. The Hall–Kier alpha value is -1.87. The highest BCUT2D eigenvalue weighted by atomic mass is 32.2. The molecule has 2 aromatic carbocycles. The number of amides is 1. The largest absolute Gasteiger partial charge is 0.322 e. The van der Waals surface area contributed by atoms with Crippen molar-refractivity contribution in [3.63, 3.8) is 0 Å². The molecule has 1 aliphatic rings. The Morgan fingerprint density at radius 2 is 1.79 bits per heavy atom. The van der Waals surface area contributed by atoms with Crippen molar-refractivity contribution in [3.05, 3.63) is 59.7 Å². The van der Waals surface area contributed by atoms with Crippen molar-refractivity contribution >= 4 is 33.4 Å². The third-order valence-electron chi connectivity index (χ3n) is 4.72. The first-order valence-corrected chi connectivity index (χ1v) is 12.1. The van der Waals surface area contributed by atoms with Gasteiger partial charge < -0.3 is 5.32 Å². The molecule has 0 bridgehead atoms. The fourth-order valence-corrected chi connectivity index (χ4v) is 4.48. The van der Waals surface area contributed by atoms with Gasteiger partial charge in [-0.2, -0.15) is 4.31 Å². The van der Waals surface area contributed by atoms with Gasteiger partial charge in [0.1, 0.15) is 0 Å². The van der Waals surface area contributed by atoms with Crippen molar-refractivity contribution in [3.8, 4) is 0 Å². The summed E-state index contributed by atoms with van der Waals surface area (Å²) in [6, 6.07) is 15.3. The number of hydrogen-bond donors (Lipinski definition) is 1. The number of thioether (sulfide) groups is 1. The van der Waals surface area contributed by atoms with E-state index < -0.39 is 10.0 Å². The molecule has 3 rings (SSSR count). The Balaban J connectivity index is 1.61. The van der Waals surface area contributed by atoms with Crippen LogP contribution < -0.4 is 5.32 Å². The summed E-state index contributed by atoms with van der Waals surface area (Å²) in [5, 5.41) is 2.95. The molecule has 0 spiro atoms. The molecular formula is C20H25N3O3S2. The van der Waals surface area contributed by atoms with Crippen LogP contribution in [0, 0.1) is 0 Å². The normalized spacial score (nSPS) is 16.1. The second-order valence-electron chi connectivity index (χ2n) is 6.82. The SMILES string of the molecule is CSc1cccc(NC(=O)c2cccc(CN3CCN(S(C)(=O)=O)CC3)c2)c1. The van der Waals surface area contributed by atoms with E-state index in [1.54, 1.807) is 17.8 Å². The van der Waals surface area contributed by atoms with E-state index in [-0.39, 0.29) is 5.91 Å². The minimum atomic E-state index is -3.12. The summed E-state index contributed by atoms with van der Waals surface area (Å²) in [7, 11) is -3.12. The molecule has 1 aliphatic heterocycles. The summed E-state index contributed by atoms with van der Waals surface area (Å²) >= 11 is 1.63. The molecule has 28 heavy (non-hydrogen) atoms. The van der Waals surface area contributed by atoms with E-state index >= 15 is 0 Å². The third-order valence-corrected chi connectivity index (χ3v) is 6.75. The molecule has 0 radical (unpaired) electrons. The standard InChI is InChI=1S/C20H25N3O3S2/c1-27-19-8-4-7-18(14-19)21-20(24)17-6-3-5-16(13-17)15-22-9-11-23(12-10-22)28(2,25)26/h3-8,13-14H,9-12,15H2,1-2H3,(H,21,24). The lowest BCUT2D eigenvalue weighted by Gasteiger charge is -2.33. The van der Waals surface area contributed by atoms with Gasteiger partial charge in [-0.25, -0.2) is 8.42 Å². The zero-order valence-electron chi connectivity index (χ0n) is 16.1. The van der Waals surface area contributed by atoms with Crippen molar-refractivity contribution in [1.29, 1.82) is 0 Å². The summed E-state index contributed by atoms with van der Waals surface area (Å²) in [6.45, 7) is 3.08. The highest BCUT2D eigenvalue weighted by molar-refractivity contribution is 7.98. The Morgan fingerprint density at radius 3 is 2.46 bits per heavy atom. The van der Waals surface area contributed by atoms with E-state index in [1.807, 2.05) is 48.7 Å². The van der Waals surface area contributed by atoms with Crippen molar-refractivity contribution in [1.82, 2.24) is 9.21 Å². The van der Waals surface area contributed by atoms with Crippen molar-refractivity contribution in [2.75, 3.05) is 44.0 Å². The molecule has 1 heterocycles. The van der Waals surface area contributed by atoms with Crippen molar-refractivity contribution < 1.29 is 13.2 Å². The first-order chi connectivity index (χ1) is 13.3. The number of nitrogens with zero attached hydrogens (tertiary/aromatic N) is 2. The molecule has 0 saturated carbocycles. The maximum Gasteiger partial charge on any atom is 0.255 e. The zero-order valence-corrected chi connectivity index (χ0v) is 17.7. The predicted molar refractivity (Wildman–Crippen MR) is 114 cm³/mol. The van der Waals surface area contributed by atoms with Gasteiger partial charge >= 0.3 is 0 Å². The molecule has 8 heteroatoms. The molecule has 0 atom stereocenters. The lowest BCUT2D eigenvalue weighted by Crippen LogP contribution is -2.47. The Morgan fingerprint density at radius 1 is 1.07 bits per heavy atom. The molecule has 1 saturated heterocycles. The van der Waals surface area contributed by atoms with Gasteiger partial charge in [-0.05, 0) is 42.2 Å². The summed E-state index contributed by atoms with van der Waals surface area (Å²) in [5.41, 5.74) is 2.43. The number of anilines is 1. The van der Waals surface area contributed by atoms with Crippen LogP contribution in [-0.4, -0.2) is 62.2 Å². The monoisotopic (exact) mass is 419 g/mol. The van der Waals surface area contributed by atoms with Crippen LogP contribution >= 0.6 is 11.8 Å². The first kappa shape index (κ1) is 20.9. The molecule has 1 amide bonds. The van der Waals surface area contributed by atoms with Crippen LogP contribution in [0.25, 0.3) is 0 Å². The summed E-state index contributed by atoms with van der Waals surface area (Å²) in [4.78, 5) is 15.9. The maximum absolute atomic E-state index is 12.6. The number of hydrogen-bond acceptors (Lipinski definition) is 5. The average molecular weight is 420 g/mol. The summed E-state index contributed by atoms with van der Waals surface area (Å²) < 4.78 is 24.8. The number of sulfonamides is 1. The smallest absolute Gasteiger partial charge is 0.255 e. The van der Waals surface area contributed by atoms with Crippen LogP contribution in [0.4, 0.5) is 5.69 Å². The van der Waals surface area contributed by atoms with Gasteiger partial charge in [-0.1, -0.05) is 18.2 Å². The first-order valence-electron chi connectivity index (χ1n) is 9.07. The minimum Gasteiger partial charge on any atom is -0.322 e. The average Bonchev–Trinajstić information content (AvgIpc) is 2.68. The van der Waals surface area contributed by atoms with Gasteiger partial charge in [0, 0.05) is 48.9 Å². The van der Waals surface area contributed by atoms with Crippen LogP contribution in [0.3, 0.4) is 0 Å². The molecule has 0 unspecified atom stereocenters. The van der Waals surface area contributed by atoms with Gasteiger partial charge in [0.2, 0.25) is 10.0 Å². The van der Waals surface area contributed by atoms with Crippen molar-refractivity contribution in [2.45, 2.75) is 11.4 Å². The number of carbonyl (C=O) groups is 1. The highest BCUT2D eigenvalue weighted by Gasteiger charge is 2.23. The fraction of sp³-hybridized carbons (Fsp3) is 0.350. The van der Waals surface area contributed by atoms with E-state index in [0.717, 1.165) is 16.1 Å². The molecule has 0 aromatic heterocycles. The molecular weight excluding hydrogens is 394 g/mol. The van der Waals surface area contributed by atoms with Gasteiger partial charge in [-0.15, -0.1) is 11.8 Å². The molecule has 0 aliphatic carbocycles. The fourth-order valence-electron chi connectivity index (χ4n) is 3.19. The second kappa shape index (κ2) is 9.09. The number of nitrogens with one attached hydrogen (secondary N) is 1. The predicted octanol–water partition coefficient (Wildman–Crippen LogP) is 2.74. The van der Waals surface area contributed by atoms with E-state index in [9.17, 15) is 13.2 Å². The Bertz CT molecular complexity index is 939. The summed E-state index contributed by atoms with van der Waals surface area (Å²) in [6.07, 6.45) is 3.25. The van der Waals surface area contributed by atoms with E-state index in [4.69, 9.17) is 0 Å². The molecule has 1 N–H and O–H groups in total. The number of piperazine rings is 1. The highest BCUT2D eigenvalue weighted by Crippen LogP contribution is 2.20. The Kier molecular flexibility index (Phi) is 6.77. The minimum absolute atomic E-state index is 0.137. The number of carbonyl (C=O) groups excluding carboxylic acids is 1. The van der Waals surface area contributed by atoms with E-state index in [2.05, 4.69) is 10.2 Å². The van der Waals surface area contributed by atoms with Gasteiger partial charge in [0.15, 0.2) is 0 Å². The van der Waals surface area contributed by atoms with Crippen LogP contribution in [0.1, 0.15) is 15.9 Å². The number of benzene rings is 2. The number of rotatable bonds is 6. The van der Waals surface area contributed by atoms with Crippen LogP contribution in [-0.2, 0) is 16.6 Å². The quantitative estimate of drug-likeness (QED) is 0.729. The van der Waals surface area contributed by atoms with E-state index in [1.165, 1.54) is 10.6 Å². The van der Waals surface area contributed by atoms with Crippen LogP contribution in [0.2, 0.25) is 0 Å². The maximum atomic E-state index is 12.6. The topological polar surface area (TPSA) is 69.7 Å². The summed E-state index contributed by atoms with van der Waals surface area (Å²) in [5.74, 6) is -0.137. The zero-order chi connectivity index (χ0) is 20.1. The van der Waals surface area contributed by atoms with Crippen LogP contribution in [0.5, 0.6) is 0 Å². The molecule has 150 valence electrons. The third kappa shape index (κ3) is 5.57. The Labute approximate surface area is 171 Å². The van der Waals surface area contributed by atoms with Gasteiger partial charge in [0.05, 0.1) is 6.26 Å². The van der Waals surface area contributed by atoms with Crippen molar-refractivity contribution in [2.24, 2.45) is 0 Å². The lowest BCUT2D eigenvalue weighted by atomic mass is 10.1. The second-order valence-corrected chi connectivity index (χ2v) is 9.69. The van der Waals surface area contributed by atoms with Gasteiger partial charge in [0.25, 0.3) is 5.91 Å². The van der Waals surface area contributed by atoms with Gasteiger partial charge in [-0.3, -0.25) is 9.69 Å². The molecule has 2 aromatic rings.